The molecule has 5 nitrogen and oxygen atoms in total. The van der Waals surface area contributed by atoms with Crippen molar-refractivity contribution in [2.75, 3.05) is 18.4 Å². The Morgan fingerprint density at radius 3 is 2.33 bits per heavy atom. The van der Waals surface area contributed by atoms with Gasteiger partial charge in [0.2, 0.25) is 5.91 Å². The lowest BCUT2D eigenvalue weighted by Gasteiger charge is -2.60. The molecular weight excluding hydrogens is 442 g/mol. The van der Waals surface area contributed by atoms with E-state index in [0.29, 0.717) is 23.8 Å². The van der Waals surface area contributed by atoms with Gasteiger partial charge in [-0.1, -0.05) is 34.1 Å². The van der Waals surface area contributed by atoms with Crippen molar-refractivity contribution in [3.05, 3.63) is 30.3 Å². The lowest BCUT2D eigenvalue weighted by atomic mass is 9.48. The zero-order valence-electron chi connectivity index (χ0n) is 17.5. The van der Waals surface area contributed by atoms with Crippen molar-refractivity contribution in [2.45, 2.75) is 68.2 Å². The van der Waals surface area contributed by atoms with Crippen LogP contribution in [0, 0.1) is 17.3 Å². The van der Waals surface area contributed by atoms with E-state index in [9.17, 15) is 9.59 Å². The smallest absolute Gasteiger partial charge is 0.321 e. The zero-order chi connectivity index (χ0) is 20.8. The molecule has 0 spiro atoms. The standard InChI is InChI=1S/C24H32BrN3O2/c25-24-13-17-10-18(14-24)12-23(11-17,16-24)15-21(29)26-20-6-8-28(9-7-20)22(30)27-19-4-2-1-3-5-19/h1-5,17-18,20H,6-16H2,(H,26,29)(H,27,30). The number of benzene rings is 1. The number of rotatable bonds is 4. The lowest BCUT2D eigenvalue weighted by molar-refractivity contribution is -0.129. The van der Waals surface area contributed by atoms with Gasteiger partial charge < -0.3 is 15.5 Å². The second-order valence-corrected chi connectivity index (χ2v) is 12.1. The molecule has 5 aliphatic rings. The van der Waals surface area contributed by atoms with Gasteiger partial charge in [-0.2, -0.15) is 0 Å². The first-order valence-electron chi connectivity index (χ1n) is 11.5. The van der Waals surface area contributed by atoms with E-state index in [1.165, 1.54) is 38.5 Å². The normalized spacial score (nSPS) is 35.3. The number of alkyl halides is 1. The molecule has 1 aliphatic heterocycles. The topological polar surface area (TPSA) is 61.4 Å². The highest BCUT2D eigenvalue weighted by Gasteiger charge is 2.57. The monoisotopic (exact) mass is 473 g/mol. The molecule has 4 saturated carbocycles. The number of hydrogen-bond acceptors (Lipinski definition) is 2. The van der Waals surface area contributed by atoms with E-state index < -0.39 is 0 Å². The maximum absolute atomic E-state index is 12.9. The fourth-order valence-corrected chi connectivity index (χ4v) is 8.62. The van der Waals surface area contributed by atoms with Crippen LogP contribution in [0.25, 0.3) is 0 Å². The SMILES string of the molecule is O=C(CC12CC3CC(CC(Br)(C3)C1)C2)NC1CCN(C(=O)Nc2ccccc2)CC1. The number of amides is 3. The largest absolute Gasteiger partial charge is 0.353 e. The van der Waals surface area contributed by atoms with E-state index >= 15 is 0 Å². The number of urea groups is 1. The summed E-state index contributed by atoms with van der Waals surface area (Å²) in [6.07, 6.45) is 9.96. The maximum Gasteiger partial charge on any atom is 0.321 e. The van der Waals surface area contributed by atoms with Crippen LogP contribution >= 0.6 is 15.9 Å². The number of para-hydroxylation sites is 1. The van der Waals surface area contributed by atoms with E-state index in [1.54, 1.807) is 0 Å². The fraction of sp³-hybridized carbons (Fsp3) is 0.667. The van der Waals surface area contributed by atoms with Crippen LogP contribution in [-0.4, -0.2) is 40.3 Å². The summed E-state index contributed by atoms with van der Waals surface area (Å²) in [6.45, 7) is 1.37. The Morgan fingerprint density at radius 1 is 1.03 bits per heavy atom. The fourth-order valence-electron chi connectivity index (χ4n) is 7.11. The third kappa shape index (κ3) is 4.25. The quantitative estimate of drug-likeness (QED) is 0.609. The Labute approximate surface area is 187 Å². The third-order valence-electron chi connectivity index (χ3n) is 7.82. The minimum Gasteiger partial charge on any atom is -0.353 e. The van der Waals surface area contributed by atoms with Gasteiger partial charge in [0, 0.05) is 35.6 Å². The summed E-state index contributed by atoms with van der Waals surface area (Å²) in [5, 5.41) is 6.25. The van der Waals surface area contributed by atoms with E-state index in [-0.39, 0.29) is 23.4 Å². The van der Waals surface area contributed by atoms with Crippen LogP contribution in [0.4, 0.5) is 10.5 Å². The minimum atomic E-state index is -0.0536. The average molecular weight is 474 g/mol. The van der Waals surface area contributed by atoms with Crippen molar-refractivity contribution in [1.29, 1.82) is 0 Å². The molecule has 0 aromatic heterocycles. The van der Waals surface area contributed by atoms with Crippen LogP contribution in [0.1, 0.15) is 57.8 Å². The first-order valence-corrected chi connectivity index (χ1v) is 12.3. The summed E-state index contributed by atoms with van der Waals surface area (Å²) in [4.78, 5) is 27.3. The van der Waals surface area contributed by atoms with Gasteiger partial charge in [-0.25, -0.2) is 4.79 Å². The molecule has 1 heterocycles. The Kier molecular flexibility index (Phi) is 5.32. The molecule has 6 rings (SSSR count). The maximum atomic E-state index is 12.9. The van der Waals surface area contributed by atoms with E-state index in [4.69, 9.17) is 0 Å². The highest BCUT2D eigenvalue weighted by molar-refractivity contribution is 9.10. The molecule has 6 heteroatoms. The summed E-state index contributed by atoms with van der Waals surface area (Å²) in [5.41, 5.74) is 1.03. The van der Waals surface area contributed by atoms with Crippen LogP contribution < -0.4 is 10.6 Å². The summed E-state index contributed by atoms with van der Waals surface area (Å²) < 4.78 is 0.300. The molecule has 4 aliphatic carbocycles. The van der Waals surface area contributed by atoms with Gasteiger partial charge in [0.15, 0.2) is 0 Å². The Balaban J connectivity index is 1.10. The first kappa shape index (κ1) is 20.3. The molecule has 2 atom stereocenters. The third-order valence-corrected chi connectivity index (χ3v) is 8.75. The summed E-state index contributed by atoms with van der Waals surface area (Å²) in [6, 6.07) is 9.69. The van der Waals surface area contributed by atoms with E-state index in [0.717, 1.165) is 30.4 Å². The number of hydrogen-bond donors (Lipinski definition) is 2. The minimum absolute atomic E-state index is 0.0536. The van der Waals surface area contributed by atoms with Crippen LogP contribution in [0.5, 0.6) is 0 Å². The lowest BCUT2D eigenvalue weighted by Crippen LogP contribution is -2.54. The van der Waals surface area contributed by atoms with Gasteiger partial charge >= 0.3 is 6.03 Å². The molecule has 2 N–H and O–H groups in total. The Hall–Kier alpha value is -1.56. The van der Waals surface area contributed by atoms with Gasteiger partial charge in [0.1, 0.15) is 0 Å². The molecule has 4 bridgehead atoms. The van der Waals surface area contributed by atoms with Gasteiger partial charge in [-0.3, -0.25) is 4.79 Å². The number of carbonyl (C=O) groups excluding carboxylic acids is 2. The molecule has 2 unspecified atom stereocenters. The van der Waals surface area contributed by atoms with Crippen molar-refractivity contribution in [3.63, 3.8) is 0 Å². The predicted molar refractivity (Wildman–Crippen MR) is 122 cm³/mol. The number of piperidine rings is 1. The van der Waals surface area contributed by atoms with Crippen molar-refractivity contribution in [3.8, 4) is 0 Å². The first-order chi connectivity index (χ1) is 14.4. The van der Waals surface area contributed by atoms with Gasteiger partial charge in [0.25, 0.3) is 0 Å². The van der Waals surface area contributed by atoms with E-state index in [2.05, 4.69) is 26.6 Å². The molecule has 3 amide bonds. The molecule has 30 heavy (non-hydrogen) atoms. The summed E-state index contributed by atoms with van der Waals surface area (Å²) in [5.74, 6) is 1.84. The number of nitrogens with zero attached hydrogens (tertiary/aromatic N) is 1. The van der Waals surface area contributed by atoms with Crippen molar-refractivity contribution < 1.29 is 9.59 Å². The summed E-state index contributed by atoms with van der Waals surface area (Å²) >= 11 is 4.05. The number of carbonyl (C=O) groups is 2. The second kappa shape index (κ2) is 7.85. The van der Waals surface area contributed by atoms with Crippen LogP contribution in [0.3, 0.4) is 0 Å². The van der Waals surface area contributed by atoms with Crippen molar-refractivity contribution in [2.24, 2.45) is 17.3 Å². The highest BCUT2D eigenvalue weighted by atomic mass is 79.9. The number of likely N-dealkylation sites (tertiary alicyclic amines) is 1. The Morgan fingerprint density at radius 2 is 1.70 bits per heavy atom. The molecule has 1 saturated heterocycles. The number of nitrogens with one attached hydrogen (secondary N) is 2. The van der Waals surface area contributed by atoms with Crippen molar-refractivity contribution in [1.82, 2.24) is 10.2 Å². The molecule has 5 fully saturated rings. The molecule has 1 aromatic rings. The van der Waals surface area contributed by atoms with Gasteiger partial charge in [-0.15, -0.1) is 0 Å². The zero-order valence-corrected chi connectivity index (χ0v) is 19.1. The van der Waals surface area contributed by atoms with E-state index in [1.807, 2.05) is 35.2 Å². The number of halogens is 1. The van der Waals surface area contributed by atoms with Crippen molar-refractivity contribution >= 4 is 33.6 Å². The molecule has 0 radical (unpaired) electrons. The number of anilines is 1. The predicted octanol–water partition coefficient (Wildman–Crippen LogP) is 4.92. The van der Waals surface area contributed by atoms with Gasteiger partial charge in [0.05, 0.1) is 0 Å². The highest BCUT2D eigenvalue weighted by Crippen LogP contribution is 2.65. The van der Waals surface area contributed by atoms with Crippen LogP contribution in [-0.2, 0) is 4.79 Å². The molecule has 162 valence electrons. The van der Waals surface area contributed by atoms with Gasteiger partial charge in [-0.05, 0) is 80.8 Å². The summed E-state index contributed by atoms with van der Waals surface area (Å²) in [7, 11) is 0. The average Bonchev–Trinajstić information content (AvgIpc) is 2.67. The van der Waals surface area contributed by atoms with Crippen LogP contribution in [0.2, 0.25) is 0 Å². The second-order valence-electron chi connectivity index (χ2n) is 10.4. The molecular formula is C24H32BrN3O2. The Bertz CT molecular complexity index is 792. The molecule has 1 aromatic carbocycles. The van der Waals surface area contributed by atoms with Crippen LogP contribution in [0.15, 0.2) is 30.3 Å².